The van der Waals surface area contributed by atoms with E-state index in [1.807, 2.05) is 31.3 Å². The summed E-state index contributed by atoms with van der Waals surface area (Å²) in [7, 11) is 0. The molecule has 11 heteroatoms. The molecular formula is C26H21FN7O2S-. The number of pyridine rings is 3. The van der Waals surface area contributed by atoms with E-state index in [0.717, 1.165) is 61.9 Å². The lowest BCUT2D eigenvalue weighted by atomic mass is 10.0. The van der Waals surface area contributed by atoms with Gasteiger partial charge in [-0.3, -0.25) is 24.4 Å². The number of aromatic amines is 2. The molecule has 0 bridgehead atoms. The SMILES string of the molecule is CCc1cc(F)cc(-c2cncc3[nH]c(-c4[nH]nc5ncc(-c6ccncc6)cc45)cc23)c1.NS(=O)[O-]. The second-order valence-electron chi connectivity index (χ2n) is 8.22. The Hall–Kier alpha value is -4.32. The van der Waals surface area contributed by atoms with Crippen molar-refractivity contribution in [1.82, 2.24) is 30.1 Å². The molecule has 1 unspecified atom stereocenters. The smallest absolute Gasteiger partial charge is 0.181 e. The molecule has 1 atom stereocenters. The van der Waals surface area contributed by atoms with Crippen LogP contribution in [0.5, 0.6) is 0 Å². The van der Waals surface area contributed by atoms with Gasteiger partial charge in [-0.15, -0.1) is 0 Å². The van der Waals surface area contributed by atoms with Gasteiger partial charge in [-0.1, -0.05) is 13.0 Å². The number of aromatic nitrogens is 6. The largest absolute Gasteiger partial charge is 0.760 e. The van der Waals surface area contributed by atoms with E-state index in [4.69, 9.17) is 8.76 Å². The molecule has 37 heavy (non-hydrogen) atoms. The third-order valence-electron chi connectivity index (χ3n) is 5.92. The Balaban J connectivity index is 0.000000655. The van der Waals surface area contributed by atoms with E-state index < -0.39 is 11.3 Å². The molecule has 0 radical (unpaired) electrons. The molecular weight excluding hydrogens is 493 g/mol. The van der Waals surface area contributed by atoms with Crippen LogP contribution in [0.2, 0.25) is 0 Å². The summed E-state index contributed by atoms with van der Waals surface area (Å²) >= 11 is -2.36. The average Bonchev–Trinajstić information content (AvgIpc) is 3.52. The van der Waals surface area contributed by atoms with Crippen LogP contribution in [0.3, 0.4) is 0 Å². The van der Waals surface area contributed by atoms with E-state index in [9.17, 15) is 4.39 Å². The molecule has 4 N–H and O–H groups in total. The molecule has 0 saturated carbocycles. The Labute approximate surface area is 213 Å². The molecule has 0 saturated heterocycles. The zero-order chi connectivity index (χ0) is 25.9. The minimum absolute atomic E-state index is 0.244. The molecule has 1 aromatic carbocycles. The predicted molar refractivity (Wildman–Crippen MR) is 140 cm³/mol. The zero-order valence-corrected chi connectivity index (χ0v) is 20.4. The van der Waals surface area contributed by atoms with Crippen molar-refractivity contribution in [1.29, 1.82) is 0 Å². The number of halogens is 1. The number of H-pyrrole nitrogens is 2. The fourth-order valence-corrected chi connectivity index (χ4v) is 4.23. The summed E-state index contributed by atoms with van der Waals surface area (Å²) in [6, 6.07) is 13.2. The molecule has 6 aromatic rings. The van der Waals surface area contributed by atoms with Crippen LogP contribution >= 0.6 is 0 Å². The molecule has 0 aliphatic rings. The minimum Gasteiger partial charge on any atom is -0.760 e. The van der Waals surface area contributed by atoms with Crippen molar-refractivity contribution in [2.24, 2.45) is 5.14 Å². The number of nitrogens with two attached hydrogens (primary N) is 1. The standard InChI is InChI=1S/C26H19FN6.H3NO2S/c1-2-15-7-17(9-19(27)8-15)22-13-29-14-24-20(22)11-23(31-24)25-21-10-18(12-30-26(21)33-32-25)16-3-5-28-6-4-16;1-4(2)3/h3-14,31H,2H2,1H3,(H,30,32,33);1H2,(H,2,3)/p-1. The van der Waals surface area contributed by atoms with Gasteiger partial charge in [0.1, 0.15) is 5.82 Å². The highest BCUT2D eigenvalue weighted by Crippen LogP contribution is 2.34. The highest BCUT2D eigenvalue weighted by atomic mass is 32.2. The van der Waals surface area contributed by atoms with Crippen LogP contribution in [-0.2, 0) is 17.7 Å². The number of nitrogens with zero attached hydrogens (tertiary/aromatic N) is 4. The maximum atomic E-state index is 14.2. The highest BCUT2D eigenvalue weighted by Gasteiger charge is 2.15. The lowest BCUT2D eigenvalue weighted by Gasteiger charge is -2.06. The number of hydrogen-bond donors (Lipinski definition) is 3. The molecule has 6 rings (SSSR count). The predicted octanol–water partition coefficient (Wildman–Crippen LogP) is 4.67. The molecule has 0 aliphatic carbocycles. The second kappa shape index (κ2) is 10.3. The van der Waals surface area contributed by atoms with Crippen LogP contribution in [0.4, 0.5) is 4.39 Å². The molecule has 0 amide bonds. The maximum absolute atomic E-state index is 14.2. The fourth-order valence-electron chi connectivity index (χ4n) is 4.23. The van der Waals surface area contributed by atoms with Gasteiger partial charge in [-0.25, -0.2) is 9.37 Å². The van der Waals surface area contributed by atoms with Crippen LogP contribution in [0.1, 0.15) is 12.5 Å². The first-order chi connectivity index (χ1) is 17.9. The van der Waals surface area contributed by atoms with E-state index in [1.165, 1.54) is 0 Å². The number of benzene rings is 1. The lowest BCUT2D eigenvalue weighted by molar-refractivity contribution is 0.538. The average molecular weight is 515 g/mol. The third kappa shape index (κ3) is 5.14. The summed E-state index contributed by atoms with van der Waals surface area (Å²) in [6.07, 6.45) is 9.66. The molecule has 0 spiro atoms. The molecule has 0 aliphatic heterocycles. The van der Waals surface area contributed by atoms with Gasteiger partial charge in [0.05, 0.1) is 23.1 Å². The zero-order valence-electron chi connectivity index (χ0n) is 19.6. The van der Waals surface area contributed by atoms with Gasteiger partial charge >= 0.3 is 0 Å². The molecule has 9 nitrogen and oxygen atoms in total. The summed E-state index contributed by atoms with van der Waals surface area (Å²) in [5.74, 6) is -0.244. The van der Waals surface area contributed by atoms with Gasteiger partial charge in [-0.05, 0) is 59.5 Å². The van der Waals surface area contributed by atoms with Crippen molar-refractivity contribution in [2.75, 3.05) is 0 Å². The summed E-state index contributed by atoms with van der Waals surface area (Å²) in [4.78, 5) is 16.4. The minimum atomic E-state index is -2.36. The van der Waals surface area contributed by atoms with Crippen molar-refractivity contribution in [3.8, 4) is 33.6 Å². The van der Waals surface area contributed by atoms with E-state index in [1.54, 1.807) is 36.9 Å². The van der Waals surface area contributed by atoms with Crippen LogP contribution in [0.25, 0.3) is 55.6 Å². The summed E-state index contributed by atoms with van der Waals surface area (Å²) in [5.41, 5.74) is 7.86. The number of nitrogens with one attached hydrogen (secondary N) is 2. The molecule has 5 heterocycles. The van der Waals surface area contributed by atoms with Crippen molar-refractivity contribution < 1.29 is 13.2 Å². The van der Waals surface area contributed by atoms with Crippen molar-refractivity contribution in [3.63, 3.8) is 0 Å². The van der Waals surface area contributed by atoms with Gasteiger partial charge in [0, 0.05) is 58.0 Å². The number of fused-ring (bicyclic) bond motifs is 2. The van der Waals surface area contributed by atoms with E-state index in [0.29, 0.717) is 5.65 Å². The molecule has 5 aromatic heterocycles. The Bertz CT molecular complexity index is 1730. The monoisotopic (exact) mass is 514 g/mol. The van der Waals surface area contributed by atoms with Crippen LogP contribution in [0.15, 0.2) is 73.4 Å². The summed E-state index contributed by atoms with van der Waals surface area (Å²) < 4.78 is 31.8. The van der Waals surface area contributed by atoms with Crippen LogP contribution < -0.4 is 5.14 Å². The molecule has 0 fully saturated rings. The third-order valence-corrected chi connectivity index (χ3v) is 5.92. The van der Waals surface area contributed by atoms with Gasteiger partial charge in [0.2, 0.25) is 0 Å². The first-order valence-corrected chi connectivity index (χ1v) is 12.4. The maximum Gasteiger partial charge on any atom is 0.181 e. The van der Waals surface area contributed by atoms with Crippen molar-refractivity contribution >= 4 is 33.2 Å². The Morgan fingerprint density at radius 1 is 0.973 bits per heavy atom. The Morgan fingerprint density at radius 3 is 2.51 bits per heavy atom. The van der Waals surface area contributed by atoms with Gasteiger partial charge < -0.3 is 9.54 Å². The normalized spacial score (nSPS) is 11.9. The van der Waals surface area contributed by atoms with Crippen LogP contribution in [-0.4, -0.2) is 38.9 Å². The van der Waals surface area contributed by atoms with Gasteiger partial charge in [-0.2, -0.15) is 5.10 Å². The Morgan fingerprint density at radius 2 is 1.76 bits per heavy atom. The van der Waals surface area contributed by atoms with Crippen LogP contribution in [0, 0.1) is 5.82 Å². The van der Waals surface area contributed by atoms with E-state index in [-0.39, 0.29) is 5.82 Å². The van der Waals surface area contributed by atoms with E-state index >= 15 is 0 Å². The number of rotatable bonds is 4. The quantitative estimate of drug-likeness (QED) is 0.291. The molecule has 186 valence electrons. The first kappa shape index (κ1) is 24.4. The van der Waals surface area contributed by atoms with Gasteiger partial charge in [0.25, 0.3) is 0 Å². The number of hydrogen-bond acceptors (Lipinski definition) is 6. The highest BCUT2D eigenvalue weighted by molar-refractivity contribution is 7.76. The lowest BCUT2D eigenvalue weighted by Crippen LogP contribution is -1.97. The van der Waals surface area contributed by atoms with E-state index in [2.05, 4.69) is 47.4 Å². The summed E-state index contributed by atoms with van der Waals surface area (Å²) in [6.45, 7) is 2.02. The van der Waals surface area contributed by atoms with Gasteiger partial charge in [0.15, 0.2) is 5.65 Å². The van der Waals surface area contributed by atoms with Crippen molar-refractivity contribution in [3.05, 3.63) is 84.8 Å². The number of aryl methyl sites for hydroxylation is 1. The summed E-state index contributed by atoms with van der Waals surface area (Å²) in [5, 5.41) is 13.4. The second-order valence-corrected chi connectivity index (χ2v) is 8.74. The topological polar surface area (TPSA) is 149 Å². The first-order valence-electron chi connectivity index (χ1n) is 11.3. The fraction of sp³-hybridized carbons (Fsp3) is 0.0769. The Kier molecular flexibility index (Phi) is 6.82. The van der Waals surface area contributed by atoms with Crippen molar-refractivity contribution in [2.45, 2.75) is 13.3 Å².